The Labute approximate surface area is 161 Å². The van der Waals surface area contributed by atoms with Crippen LogP contribution in [0.4, 0.5) is 11.4 Å². The zero-order valence-electron chi connectivity index (χ0n) is 16.9. The summed E-state index contributed by atoms with van der Waals surface area (Å²) in [5.74, 6) is 1.73. The summed E-state index contributed by atoms with van der Waals surface area (Å²) < 4.78 is 10.9. The molecule has 2 aromatic carbocycles. The molecule has 1 heterocycles. The van der Waals surface area contributed by atoms with Crippen LogP contribution in [-0.4, -0.2) is 33.7 Å². The molecule has 0 saturated heterocycles. The lowest BCUT2D eigenvalue weighted by molar-refractivity contribution is 0.102. The van der Waals surface area contributed by atoms with Gasteiger partial charge < -0.3 is 19.7 Å². The van der Waals surface area contributed by atoms with Crippen molar-refractivity contribution < 1.29 is 14.3 Å². The fourth-order valence-corrected chi connectivity index (χ4v) is 3.73. The van der Waals surface area contributed by atoms with Crippen molar-refractivity contribution in [2.45, 2.75) is 32.6 Å². The Morgan fingerprint density at radius 1 is 1.15 bits per heavy atom. The van der Waals surface area contributed by atoms with Crippen LogP contribution in [0.1, 0.15) is 54.1 Å². The van der Waals surface area contributed by atoms with Gasteiger partial charge in [-0.3, -0.25) is 4.79 Å². The third-order valence-corrected chi connectivity index (χ3v) is 5.19. The molecule has 0 spiro atoms. The van der Waals surface area contributed by atoms with Crippen LogP contribution in [-0.2, 0) is 0 Å². The maximum atomic E-state index is 13.0. The zero-order chi connectivity index (χ0) is 19.7. The second-order valence-corrected chi connectivity index (χ2v) is 7.46. The third kappa shape index (κ3) is 3.59. The molecule has 0 bridgehead atoms. The first-order chi connectivity index (χ1) is 12.8. The highest BCUT2D eigenvalue weighted by Crippen LogP contribution is 2.37. The molecule has 1 aliphatic rings. The summed E-state index contributed by atoms with van der Waals surface area (Å²) in [6.07, 6.45) is 0. The fourth-order valence-electron chi connectivity index (χ4n) is 3.73. The number of nitrogens with one attached hydrogen (secondary N) is 1. The average Bonchev–Trinajstić information content (AvgIpc) is 2.93. The predicted octanol–water partition coefficient (Wildman–Crippen LogP) is 4.63. The molecule has 0 saturated carbocycles. The van der Waals surface area contributed by atoms with Gasteiger partial charge >= 0.3 is 0 Å². The average molecular weight is 368 g/mol. The number of hydrogen-bond acceptors (Lipinski definition) is 4. The zero-order valence-corrected chi connectivity index (χ0v) is 16.9. The third-order valence-electron chi connectivity index (χ3n) is 5.19. The molecule has 1 unspecified atom stereocenters. The van der Waals surface area contributed by atoms with Crippen LogP contribution in [0.5, 0.6) is 11.5 Å². The molecular weight excluding hydrogens is 340 g/mol. The standard InChI is InChI=1S/C22H28N2O3/c1-13(2)16-10-18(21(27-6)11-20(16)26-5)22(25)23-15-7-8-19-17(9-15)14(3)12-24(19)4/h7-11,13-14H,12H2,1-6H3,(H,23,25). The second kappa shape index (κ2) is 7.51. The number of fused-ring (bicyclic) bond motifs is 1. The van der Waals surface area contributed by atoms with Crippen molar-refractivity contribution in [3.05, 3.63) is 47.0 Å². The molecule has 144 valence electrons. The van der Waals surface area contributed by atoms with E-state index < -0.39 is 0 Å². The number of nitrogens with zero attached hydrogens (tertiary/aromatic N) is 1. The first kappa shape index (κ1) is 19.1. The highest BCUT2D eigenvalue weighted by atomic mass is 16.5. The second-order valence-electron chi connectivity index (χ2n) is 7.46. The number of amides is 1. The minimum atomic E-state index is -0.185. The van der Waals surface area contributed by atoms with Gasteiger partial charge in [-0.05, 0) is 41.3 Å². The Balaban J connectivity index is 1.93. The molecule has 1 atom stereocenters. The molecule has 0 aromatic heterocycles. The maximum Gasteiger partial charge on any atom is 0.259 e. The van der Waals surface area contributed by atoms with Crippen LogP contribution < -0.4 is 19.7 Å². The minimum absolute atomic E-state index is 0.185. The number of hydrogen-bond donors (Lipinski definition) is 1. The van der Waals surface area contributed by atoms with Crippen molar-refractivity contribution in [1.82, 2.24) is 0 Å². The number of likely N-dealkylation sites (N-methyl/N-ethyl adjacent to an activating group) is 1. The molecule has 1 aliphatic heterocycles. The topological polar surface area (TPSA) is 50.8 Å². The Morgan fingerprint density at radius 3 is 2.48 bits per heavy atom. The summed E-state index contributed by atoms with van der Waals surface area (Å²) in [5, 5.41) is 3.02. The maximum absolute atomic E-state index is 13.0. The van der Waals surface area contributed by atoms with Gasteiger partial charge in [0, 0.05) is 37.0 Å². The first-order valence-electron chi connectivity index (χ1n) is 9.28. The molecule has 0 fully saturated rings. The monoisotopic (exact) mass is 368 g/mol. The van der Waals surface area contributed by atoms with Gasteiger partial charge in [0.05, 0.1) is 19.8 Å². The van der Waals surface area contributed by atoms with E-state index in [4.69, 9.17) is 9.47 Å². The highest BCUT2D eigenvalue weighted by Gasteiger charge is 2.24. The van der Waals surface area contributed by atoms with Crippen molar-refractivity contribution in [2.24, 2.45) is 0 Å². The van der Waals surface area contributed by atoms with Crippen LogP contribution in [0, 0.1) is 0 Å². The van der Waals surface area contributed by atoms with E-state index >= 15 is 0 Å². The van der Waals surface area contributed by atoms with E-state index in [2.05, 4.69) is 50.2 Å². The van der Waals surface area contributed by atoms with Gasteiger partial charge in [0.25, 0.3) is 5.91 Å². The van der Waals surface area contributed by atoms with Crippen LogP contribution >= 0.6 is 0 Å². The van der Waals surface area contributed by atoms with Gasteiger partial charge in [0.1, 0.15) is 11.5 Å². The summed E-state index contributed by atoms with van der Waals surface area (Å²) in [7, 11) is 5.28. The van der Waals surface area contributed by atoms with Gasteiger partial charge in [0.2, 0.25) is 0 Å². The Bertz CT molecular complexity index is 861. The van der Waals surface area contributed by atoms with Gasteiger partial charge in [0.15, 0.2) is 0 Å². The van der Waals surface area contributed by atoms with Crippen molar-refractivity contribution in [3.8, 4) is 11.5 Å². The molecule has 0 aliphatic carbocycles. The van der Waals surface area contributed by atoms with Crippen LogP contribution in [0.15, 0.2) is 30.3 Å². The van der Waals surface area contributed by atoms with Crippen molar-refractivity contribution in [2.75, 3.05) is 38.0 Å². The smallest absolute Gasteiger partial charge is 0.259 e. The molecule has 2 aromatic rings. The molecule has 1 N–H and O–H groups in total. The highest BCUT2D eigenvalue weighted by molar-refractivity contribution is 6.06. The molecule has 1 amide bonds. The predicted molar refractivity (Wildman–Crippen MR) is 110 cm³/mol. The van der Waals surface area contributed by atoms with Crippen molar-refractivity contribution in [1.29, 1.82) is 0 Å². The van der Waals surface area contributed by atoms with Gasteiger partial charge in [-0.1, -0.05) is 20.8 Å². The van der Waals surface area contributed by atoms with E-state index in [1.807, 2.05) is 12.1 Å². The van der Waals surface area contributed by atoms with E-state index in [-0.39, 0.29) is 11.8 Å². The number of carbonyl (C=O) groups is 1. The summed E-state index contributed by atoms with van der Waals surface area (Å²) >= 11 is 0. The molecule has 0 radical (unpaired) electrons. The van der Waals surface area contributed by atoms with Crippen molar-refractivity contribution in [3.63, 3.8) is 0 Å². The number of methoxy groups -OCH3 is 2. The normalized spacial score (nSPS) is 15.7. The molecule has 5 heteroatoms. The molecular formula is C22H28N2O3. The summed E-state index contributed by atoms with van der Waals surface area (Å²) in [5.41, 5.74) is 4.77. The van der Waals surface area contributed by atoms with Gasteiger partial charge in [-0.15, -0.1) is 0 Å². The van der Waals surface area contributed by atoms with Crippen LogP contribution in [0.25, 0.3) is 0 Å². The van der Waals surface area contributed by atoms with Gasteiger partial charge in [-0.2, -0.15) is 0 Å². The summed E-state index contributed by atoms with van der Waals surface area (Å²) in [6, 6.07) is 9.73. The van der Waals surface area contributed by atoms with E-state index in [0.29, 0.717) is 17.2 Å². The first-order valence-corrected chi connectivity index (χ1v) is 9.28. The lowest BCUT2D eigenvalue weighted by Gasteiger charge is -2.17. The number of anilines is 2. The van der Waals surface area contributed by atoms with E-state index in [1.165, 1.54) is 11.3 Å². The lowest BCUT2D eigenvalue weighted by atomic mass is 9.98. The van der Waals surface area contributed by atoms with Crippen LogP contribution in [0.2, 0.25) is 0 Å². The molecule has 5 nitrogen and oxygen atoms in total. The number of ether oxygens (including phenoxy) is 2. The minimum Gasteiger partial charge on any atom is -0.496 e. The molecule has 27 heavy (non-hydrogen) atoms. The number of rotatable bonds is 5. The number of benzene rings is 2. The largest absolute Gasteiger partial charge is 0.496 e. The Hall–Kier alpha value is -2.69. The quantitative estimate of drug-likeness (QED) is 0.836. The van der Waals surface area contributed by atoms with E-state index in [1.54, 1.807) is 20.3 Å². The van der Waals surface area contributed by atoms with Crippen LogP contribution in [0.3, 0.4) is 0 Å². The Kier molecular flexibility index (Phi) is 5.31. The van der Waals surface area contributed by atoms with Gasteiger partial charge in [-0.25, -0.2) is 0 Å². The molecule has 3 rings (SSSR count). The van der Waals surface area contributed by atoms with E-state index in [0.717, 1.165) is 23.5 Å². The van der Waals surface area contributed by atoms with Crippen molar-refractivity contribution >= 4 is 17.3 Å². The number of carbonyl (C=O) groups excluding carboxylic acids is 1. The summed E-state index contributed by atoms with van der Waals surface area (Å²) in [6.45, 7) is 7.35. The summed E-state index contributed by atoms with van der Waals surface area (Å²) in [4.78, 5) is 15.2. The SMILES string of the molecule is COc1cc(OC)c(C(C)C)cc1C(=O)Nc1ccc2c(c1)C(C)CN2C. The Morgan fingerprint density at radius 2 is 1.85 bits per heavy atom. The lowest BCUT2D eigenvalue weighted by Crippen LogP contribution is -2.15. The van der Waals surface area contributed by atoms with E-state index in [9.17, 15) is 4.79 Å². The fraction of sp³-hybridized carbons (Fsp3) is 0.409.